The summed E-state index contributed by atoms with van der Waals surface area (Å²) < 4.78 is 19.4. The van der Waals surface area contributed by atoms with Gasteiger partial charge in [0.2, 0.25) is 11.8 Å². The number of hydrogen-bond acceptors (Lipinski definition) is 5. The summed E-state index contributed by atoms with van der Waals surface area (Å²) in [5, 5.41) is 16.3. The second kappa shape index (κ2) is 11.4. The van der Waals surface area contributed by atoms with Crippen LogP contribution in [0.3, 0.4) is 0 Å². The van der Waals surface area contributed by atoms with Crippen LogP contribution in [0.4, 0.5) is 4.39 Å². The molecule has 0 aromatic heterocycles. The van der Waals surface area contributed by atoms with Crippen molar-refractivity contribution in [2.75, 3.05) is 13.2 Å². The highest BCUT2D eigenvalue weighted by Gasteiger charge is 2.58. The van der Waals surface area contributed by atoms with Crippen LogP contribution in [-0.2, 0) is 19.1 Å². The second-order valence-corrected chi connectivity index (χ2v) is 12.0. The Morgan fingerprint density at radius 1 is 1.03 bits per heavy atom. The summed E-state index contributed by atoms with van der Waals surface area (Å²) in [5.74, 6) is -0.0420. The molecule has 3 N–H and O–H groups in total. The number of fused-ring (bicyclic) bond motifs is 3. The monoisotopic (exact) mass is 514 g/mol. The van der Waals surface area contributed by atoms with Gasteiger partial charge in [-0.25, -0.2) is 4.39 Å². The molecule has 5 saturated carbocycles. The number of nitrogens with one attached hydrogen (secondary N) is 2. The summed E-state index contributed by atoms with van der Waals surface area (Å²) in [5.41, 5.74) is -1.46. The summed E-state index contributed by atoms with van der Waals surface area (Å²) >= 11 is 5.91. The molecule has 2 bridgehead atoms. The van der Waals surface area contributed by atoms with Crippen LogP contribution < -0.4 is 10.6 Å². The average Bonchev–Trinajstić information content (AvgIpc) is 2.84. The van der Waals surface area contributed by atoms with E-state index in [0.29, 0.717) is 57.3 Å². The maximum atomic E-state index is 13.8. The van der Waals surface area contributed by atoms with Gasteiger partial charge in [-0.1, -0.05) is 32.1 Å². The Morgan fingerprint density at radius 2 is 1.74 bits per heavy atom. The highest BCUT2D eigenvalue weighted by molar-refractivity contribution is 6.21. The van der Waals surface area contributed by atoms with Crippen molar-refractivity contribution in [3.8, 4) is 0 Å². The molecule has 7 nitrogen and oxygen atoms in total. The minimum atomic E-state index is -1.12. The van der Waals surface area contributed by atoms with Crippen LogP contribution in [0.25, 0.3) is 0 Å². The average molecular weight is 515 g/mol. The molecular formula is C26H40ClFN2O5. The third kappa shape index (κ3) is 6.37. The van der Waals surface area contributed by atoms with Crippen LogP contribution in [0.2, 0.25) is 0 Å². The van der Waals surface area contributed by atoms with Crippen molar-refractivity contribution in [3.05, 3.63) is 0 Å². The van der Waals surface area contributed by atoms with Crippen LogP contribution in [-0.4, -0.2) is 65.2 Å². The maximum Gasteiger partial charge on any atom is 0.246 e. The summed E-state index contributed by atoms with van der Waals surface area (Å²) in [6.07, 6.45) is 7.73. The molecule has 3 unspecified atom stereocenters. The van der Waals surface area contributed by atoms with Gasteiger partial charge in [-0.2, -0.15) is 0 Å². The Morgan fingerprint density at radius 3 is 2.40 bits per heavy atom. The van der Waals surface area contributed by atoms with Crippen molar-refractivity contribution < 1.29 is 28.6 Å². The van der Waals surface area contributed by atoms with Crippen molar-refractivity contribution in [2.45, 2.75) is 119 Å². The SMILES string of the molecule is O=C(CNC(=O)C12CCC(NC(=O)COC3CCC(Cl)C(F)C3)(CC1)C[C@@H]2O)CC1CCCCC1. The Labute approximate surface area is 212 Å². The van der Waals surface area contributed by atoms with Gasteiger partial charge in [0.25, 0.3) is 0 Å². The van der Waals surface area contributed by atoms with Crippen molar-refractivity contribution >= 4 is 29.2 Å². The molecule has 5 aliphatic carbocycles. The minimum absolute atomic E-state index is 0.0222. The molecule has 0 heterocycles. The van der Waals surface area contributed by atoms with Gasteiger partial charge >= 0.3 is 0 Å². The molecule has 0 aliphatic heterocycles. The smallest absolute Gasteiger partial charge is 0.246 e. The first-order valence-corrected chi connectivity index (χ1v) is 13.8. The Kier molecular flexibility index (Phi) is 8.75. The molecule has 0 saturated heterocycles. The summed E-state index contributed by atoms with van der Waals surface area (Å²) in [4.78, 5) is 38.1. The van der Waals surface area contributed by atoms with Gasteiger partial charge in [-0.3, -0.25) is 14.4 Å². The highest BCUT2D eigenvalue weighted by Crippen LogP contribution is 2.52. The zero-order chi connectivity index (χ0) is 25.1. The van der Waals surface area contributed by atoms with E-state index in [4.69, 9.17) is 16.3 Å². The molecular weight excluding hydrogens is 475 g/mol. The number of amides is 2. The quantitative estimate of drug-likeness (QED) is 0.409. The lowest BCUT2D eigenvalue weighted by molar-refractivity contribution is -0.157. The van der Waals surface area contributed by atoms with E-state index in [1.54, 1.807) is 0 Å². The zero-order valence-electron chi connectivity index (χ0n) is 20.5. The molecule has 9 heteroatoms. The van der Waals surface area contributed by atoms with Gasteiger partial charge in [0.1, 0.15) is 12.8 Å². The molecule has 5 fully saturated rings. The summed E-state index contributed by atoms with van der Waals surface area (Å²) in [7, 11) is 0. The first-order chi connectivity index (χ1) is 16.7. The standard InChI is InChI=1S/C26H40ClFN2O5/c27-20-7-6-19(13-21(20)28)35-16-23(33)30-25-8-10-26(11-9-25,22(32)14-25)24(34)29-15-18(31)12-17-4-2-1-3-5-17/h17,19-22,32H,1-16H2,(H,29,34)(H,30,33)/t19?,20?,21?,22-,25?,26?/m0/s1. The number of ketones is 1. The molecule has 0 aromatic rings. The third-order valence-corrected chi connectivity index (χ3v) is 9.45. The van der Waals surface area contributed by atoms with Crippen molar-refractivity contribution in [1.82, 2.24) is 10.6 Å². The predicted octanol–water partition coefficient (Wildman–Crippen LogP) is 3.34. The first kappa shape index (κ1) is 26.8. The molecule has 4 atom stereocenters. The third-order valence-electron chi connectivity index (χ3n) is 8.96. The molecule has 35 heavy (non-hydrogen) atoms. The van der Waals surface area contributed by atoms with Crippen LogP contribution in [0.15, 0.2) is 0 Å². The van der Waals surface area contributed by atoms with E-state index < -0.39 is 28.6 Å². The van der Waals surface area contributed by atoms with E-state index >= 15 is 0 Å². The van der Waals surface area contributed by atoms with Crippen molar-refractivity contribution in [3.63, 3.8) is 0 Å². The zero-order valence-corrected chi connectivity index (χ0v) is 21.3. The molecule has 5 aliphatic rings. The topological polar surface area (TPSA) is 105 Å². The van der Waals surface area contributed by atoms with Crippen molar-refractivity contribution in [2.24, 2.45) is 11.3 Å². The predicted molar refractivity (Wildman–Crippen MR) is 130 cm³/mol. The Hall–Kier alpha value is -1.25. The molecule has 0 radical (unpaired) electrons. The summed E-state index contributed by atoms with van der Waals surface area (Å²) in [6.45, 7) is -0.134. The number of halogens is 2. The van der Waals surface area contributed by atoms with Crippen molar-refractivity contribution in [1.29, 1.82) is 0 Å². The van der Waals surface area contributed by atoms with Crippen LogP contribution in [0.5, 0.6) is 0 Å². The minimum Gasteiger partial charge on any atom is -0.392 e. The number of aliphatic hydroxyl groups excluding tert-OH is 1. The number of carbonyl (C=O) groups is 3. The van der Waals surface area contributed by atoms with Gasteiger partial charge in [0, 0.05) is 18.4 Å². The maximum absolute atomic E-state index is 13.8. The fourth-order valence-corrected chi connectivity index (χ4v) is 6.92. The van der Waals surface area contributed by atoms with Crippen LogP contribution in [0.1, 0.15) is 89.9 Å². The first-order valence-electron chi connectivity index (χ1n) is 13.4. The number of aliphatic hydroxyl groups is 1. The number of ether oxygens (including phenoxy) is 1. The lowest BCUT2D eigenvalue weighted by Crippen LogP contribution is -2.66. The largest absolute Gasteiger partial charge is 0.392 e. The van der Waals surface area contributed by atoms with E-state index in [0.717, 1.165) is 12.8 Å². The summed E-state index contributed by atoms with van der Waals surface area (Å²) in [6, 6.07) is 0. The van der Waals surface area contributed by atoms with Crippen LogP contribution >= 0.6 is 11.6 Å². The number of carbonyl (C=O) groups excluding carboxylic acids is 3. The van der Waals surface area contributed by atoms with E-state index in [1.807, 2.05) is 0 Å². The van der Waals surface area contributed by atoms with E-state index in [2.05, 4.69) is 10.6 Å². The molecule has 0 aromatic carbocycles. The Balaban J connectivity index is 1.22. The number of rotatable bonds is 9. The Bertz CT molecular complexity index is 782. The van der Waals surface area contributed by atoms with E-state index in [-0.39, 0.29) is 43.3 Å². The van der Waals surface area contributed by atoms with Gasteiger partial charge in [0.15, 0.2) is 5.78 Å². The van der Waals surface area contributed by atoms with Gasteiger partial charge in [-0.15, -0.1) is 11.6 Å². The van der Waals surface area contributed by atoms with Gasteiger partial charge in [-0.05, 0) is 50.9 Å². The lowest BCUT2D eigenvalue weighted by Gasteiger charge is -2.55. The van der Waals surface area contributed by atoms with E-state index in [1.165, 1.54) is 19.3 Å². The second-order valence-electron chi connectivity index (χ2n) is 11.4. The van der Waals surface area contributed by atoms with E-state index in [9.17, 15) is 23.9 Å². The number of hydrogen-bond donors (Lipinski definition) is 3. The molecule has 198 valence electrons. The number of Topliss-reactive ketones (excluding diaryl/α,β-unsaturated/α-hetero) is 1. The molecule has 0 spiro atoms. The number of alkyl halides is 2. The molecule has 2 amide bonds. The van der Waals surface area contributed by atoms with Gasteiger partial charge < -0.3 is 20.5 Å². The fourth-order valence-electron chi connectivity index (χ4n) is 6.69. The van der Waals surface area contributed by atoms with Gasteiger partial charge in [0.05, 0.1) is 29.5 Å². The fraction of sp³-hybridized carbons (Fsp3) is 0.885. The normalized spacial score (nSPS) is 37.6. The lowest BCUT2D eigenvalue weighted by atomic mass is 9.55. The van der Waals surface area contributed by atoms with Crippen LogP contribution in [0, 0.1) is 11.3 Å². The molecule has 5 rings (SSSR count). The highest BCUT2D eigenvalue weighted by atomic mass is 35.5.